The van der Waals surface area contributed by atoms with Crippen molar-refractivity contribution in [1.82, 2.24) is 9.84 Å². The van der Waals surface area contributed by atoms with Gasteiger partial charge in [-0.1, -0.05) is 42.5 Å². The van der Waals surface area contributed by atoms with Gasteiger partial charge in [-0.15, -0.1) is 4.83 Å². The molecule has 2 aromatic rings. The number of sulfonamides is 1. The summed E-state index contributed by atoms with van der Waals surface area (Å²) >= 11 is 0. The molecule has 0 atom stereocenters. The van der Waals surface area contributed by atoms with Crippen molar-refractivity contribution in [2.45, 2.75) is 4.90 Å². The molecule has 0 spiro atoms. The molecular weight excluding hydrogens is 300 g/mol. The van der Waals surface area contributed by atoms with Crippen molar-refractivity contribution in [1.29, 1.82) is 0 Å². The van der Waals surface area contributed by atoms with E-state index in [4.69, 9.17) is 4.74 Å². The van der Waals surface area contributed by atoms with Crippen LogP contribution in [-0.2, 0) is 14.8 Å². The molecule has 6 heteroatoms. The minimum absolute atomic E-state index is 0.263. The van der Waals surface area contributed by atoms with Crippen molar-refractivity contribution >= 4 is 10.0 Å². The van der Waals surface area contributed by atoms with Gasteiger partial charge in [0.05, 0.1) is 18.1 Å². The van der Waals surface area contributed by atoms with E-state index in [2.05, 4.69) is 4.83 Å². The first-order valence-electron chi connectivity index (χ1n) is 7.16. The van der Waals surface area contributed by atoms with Gasteiger partial charge in [-0.05, 0) is 23.3 Å². The van der Waals surface area contributed by atoms with Crippen molar-refractivity contribution in [2.75, 3.05) is 26.3 Å². The molecule has 1 fully saturated rings. The lowest BCUT2D eigenvalue weighted by molar-refractivity contribution is 0.0272. The lowest BCUT2D eigenvalue weighted by atomic mass is 10.1. The molecule has 5 nitrogen and oxygen atoms in total. The first-order chi connectivity index (χ1) is 10.6. The maximum Gasteiger partial charge on any atom is 0.253 e. The van der Waals surface area contributed by atoms with Crippen molar-refractivity contribution in [3.05, 3.63) is 54.6 Å². The molecule has 0 aliphatic carbocycles. The van der Waals surface area contributed by atoms with E-state index >= 15 is 0 Å². The summed E-state index contributed by atoms with van der Waals surface area (Å²) < 4.78 is 29.9. The van der Waals surface area contributed by atoms with E-state index in [1.807, 2.05) is 42.5 Å². The van der Waals surface area contributed by atoms with E-state index in [9.17, 15) is 8.42 Å². The largest absolute Gasteiger partial charge is 0.379 e. The lowest BCUT2D eigenvalue weighted by Gasteiger charge is -2.26. The summed E-state index contributed by atoms with van der Waals surface area (Å²) in [5.41, 5.74) is 2.05. The van der Waals surface area contributed by atoms with Gasteiger partial charge in [0.1, 0.15) is 0 Å². The van der Waals surface area contributed by atoms with E-state index in [1.54, 1.807) is 17.1 Å². The van der Waals surface area contributed by atoms with Crippen molar-refractivity contribution in [3.8, 4) is 11.1 Å². The van der Waals surface area contributed by atoms with Crippen LogP contribution in [0.1, 0.15) is 0 Å². The highest BCUT2D eigenvalue weighted by Gasteiger charge is 2.20. The predicted molar refractivity (Wildman–Crippen MR) is 84.6 cm³/mol. The van der Waals surface area contributed by atoms with Crippen LogP contribution in [0.5, 0.6) is 0 Å². The molecule has 22 heavy (non-hydrogen) atoms. The molecule has 1 heterocycles. The second kappa shape index (κ2) is 6.58. The molecule has 0 bridgehead atoms. The van der Waals surface area contributed by atoms with Gasteiger partial charge < -0.3 is 4.74 Å². The molecule has 0 saturated carbocycles. The van der Waals surface area contributed by atoms with E-state index in [0.717, 1.165) is 11.1 Å². The van der Waals surface area contributed by atoms with Gasteiger partial charge in [-0.2, -0.15) is 0 Å². The van der Waals surface area contributed by atoms with E-state index in [-0.39, 0.29) is 4.90 Å². The number of hydrogen-bond donors (Lipinski definition) is 1. The third-order valence-corrected chi connectivity index (χ3v) is 4.92. The standard InChI is InChI=1S/C16H18N2O3S/c19-22(20,17-18-10-12-21-13-11-18)16-8-6-15(7-9-16)14-4-2-1-3-5-14/h1-9,17H,10-13H2. The summed E-state index contributed by atoms with van der Waals surface area (Å²) in [5, 5.41) is 1.67. The van der Waals surface area contributed by atoms with Crippen LogP contribution in [0.3, 0.4) is 0 Å². The van der Waals surface area contributed by atoms with Gasteiger partial charge in [-0.25, -0.2) is 13.4 Å². The zero-order valence-electron chi connectivity index (χ0n) is 12.1. The molecule has 1 saturated heterocycles. The van der Waals surface area contributed by atoms with Crippen LogP contribution in [0.25, 0.3) is 11.1 Å². The SMILES string of the molecule is O=S(=O)(NN1CCOCC1)c1ccc(-c2ccccc2)cc1. The monoisotopic (exact) mass is 318 g/mol. The van der Waals surface area contributed by atoms with Crippen molar-refractivity contribution in [3.63, 3.8) is 0 Å². The fourth-order valence-electron chi connectivity index (χ4n) is 2.33. The Kier molecular flexibility index (Phi) is 4.54. The highest BCUT2D eigenvalue weighted by molar-refractivity contribution is 7.89. The summed E-state index contributed by atoms with van der Waals surface area (Å²) in [5.74, 6) is 0. The summed E-state index contributed by atoms with van der Waals surface area (Å²) in [6.07, 6.45) is 0. The zero-order chi connectivity index (χ0) is 15.4. The number of hydrogen-bond acceptors (Lipinski definition) is 4. The molecular formula is C16H18N2O3S. The van der Waals surface area contributed by atoms with Crippen LogP contribution in [0.4, 0.5) is 0 Å². The van der Waals surface area contributed by atoms with Crippen LogP contribution in [0.15, 0.2) is 59.5 Å². The van der Waals surface area contributed by atoms with E-state index < -0.39 is 10.0 Å². The summed E-state index contributed by atoms with van der Waals surface area (Å²) in [7, 11) is -3.54. The first kappa shape index (κ1) is 15.2. The third kappa shape index (κ3) is 3.53. The number of ether oxygens (including phenoxy) is 1. The van der Waals surface area contributed by atoms with Gasteiger partial charge in [0.15, 0.2) is 0 Å². The third-order valence-electron chi connectivity index (χ3n) is 3.53. The first-order valence-corrected chi connectivity index (χ1v) is 8.64. The Morgan fingerprint density at radius 3 is 2.09 bits per heavy atom. The Hall–Kier alpha value is -1.73. The summed E-state index contributed by atoms with van der Waals surface area (Å²) in [6.45, 7) is 2.19. The Bertz CT molecular complexity index is 709. The highest BCUT2D eigenvalue weighted by Crippen LogP contribution is 2.21. The Morgan fingerprint density at radius 2 is 1.45 bits per heavy atom. The quantitative estimate of drug-likeness (QED) is 0.935. The summed E-state index contributed by atoms with van der Waals surface area (Å²) in [4.78, 5) is 2.86. The second-order valence-electron chi connectivity index (χ2n) is 5.08. The van der Waals surface area contributed by atoms with Crippen LogP contribution in [-0.4, -0.2) is 39.7 Å². The van der Waals surface area contributed by atoms with Gasteiger partial charge >= 0.3 is 0 Å². The molecule has 1 aliphatic heterocycles. The van der Waals surface area contributed by atoms with Gasteiger partial charge in [0.25, 0.3) is 10.0 Å². The normalized spacial score (nSPS) is 16.5. The van der Waals surface area contributed by atoms with Crippen molar-refractivity contribution < 1.29 is 13.2 Å². The molecule has 1 aliphatic rings. The maximum atomic E-state index is 12.4. The number of benzene rings is 2. The fraction of sp³-hybridized carbons (Fsp3) is 0.250. The Morgan fingerprint density at radius 1 is 0.864 bits per heavy atom. The number of nitrogens with zero attached hydrogens (tertiary/aromatic N) is 1. The lowest BCUT2D eigenvalue weighted by Crippen LogP contribution is -2.48. The van der Waals surface area contributed by atoms with Gasteiger partial charge in [0.2, 0.25) is 0 Å². The minimum atomic E-state index is -3.54. The van der Waals surface area contributed by atoms with Crippen molar-refractivity contribution in [2.24, 2.45) is 0 Å². The predicted octanol–water partition coefficient (Wildman–Crippen LogP) is 1.88. The maximum absolute atomic E-state index is 12.4. The van der Waals surface area contributed by atoms with Gasteiger partial charge in [-0.3, -0.25) is 0 Å². The molecule has 116 valence electrons. The van der Waals surface area contributed by atoms with Crippen LogP contribution in [0.2, 0.25) is 0 Å². The molecule has 3 rings (SSSR count). The topological polar surface area (TPSA) is 58.6 Å². The Labute approximate surface area is 130 Å². The second-order valence-corrected chi connectivity index (χ2v) is 6.75. The molecule has 0 amide bonds. The highest BCUT2D eigenvalue weighted by atomic mass is 32.2. The van der Waals surface area contributed by atoms with E-state index in [1.165, 1.54) is 0 Å². The molecule has 1 N–H and O–H groups in total. The van der Waals surface area contributed by atoms with Crippen LogP contribution >= 0.6 is 0 Å². The average molecular weight is 318 g/mol. The number of rotatable bonds is 4. The van der Waals surface area contributed by atoms with Gasteiger partial charge in [0, 0.05) is 13.1 Å². The zero-order valence-corrected chi connectivity index (χ0v) is 12.9. The average Bonchev–Trinajstić information content (AvgIpc) is 2.56. The smallest absolute Gasteiger partial charge is 0.253 e. The summed E-state index contributed by atoms with van der Waals surface area (Å²) in [6, 6.07) is 16.8. The fourth-order valence-corrected chi connectivity index (χ4v) is 3.46. The Balaban J connectivity index is 1.76. The van der Waals surface area contributed by atoms with E-state index in [0.29, 0.717) is 26.3 Å². The molecule has 0 aromatic heterocycles. The van der Waals surface area contributed by atoms with Crippen LogP contribution < -0.4 is 4.83 Å². The number of hydrazine groups is 1. The number of nitrogens with one attached hydrogen (secondary N) is 1. The molecule has 0 unspecified atom stereocenters. The molecule has 2 aromatic carbocycles. The minimum Gasteiger partial charge on any atom is -0.379 e. The van der Waals surface area contributed by atoms with Crippen LogP contribution in [0, 0.1) is 0 Å². The molecule has 0 radical (unpaired) electrons. The number of morpholine rings is 1.